The molecule has 1 aromatic carbocycles. The summed E-state index contributed by atoms with van der Waals surface area (Å²) in [5.41, 5.74) is 1.80. The molecule has 2 heterocycles. The number of carbonyl (C=O) groups is 1. The molecule has 6 heteroatoms. The molecule has 138 valence electrons. The van der Waals surface area contributed by atoms with Crippen LogP contribution < -0.4 is 15.4 Å². The van der Waals surface area contributed by atoms with E-state index in [0.717, 1.165) is 37.4 Å². The summed E-state index contributed by atoms with van der Waals surface area (Å²) in [6.07, 6.45) is 4.39. The Hall–Kier alpha value is -2.60. The largest absolute Gasteiger partial charge is 0.497 e. The van der Waals surface area contributed by atoms with Gasteiger partial charge < -0.3 is 20.1 Å². The van der Waals surface area contributed by atoms with E-state index >= 15 is 0 Å². The van der Waals surface area contributed by atoms with Gasteiger partial charge in [-0.3, -0.25) is 4.79 Å². The lowest BCUT2D eigenvalue weighted by atomic mass is 10.1. The zero-order chi connectivity index (χ0) is 18.2. The molecule has 26 heavy (non-hydrogen) atoms. The van der Waals surface area contributed by atoms with E-state index in [4.69, 9.17) is 9.47 Å². The van der Waals surface area contributed by atoms with E-state index in [1.54, 1.807) is 19.4 Å². The third kappa shape index (κ3) is 5.20. The summed E-state index contributed by atoms with van der Waals surface area (Å²) in [4.78, 5) is 16.5. The number of rotatable bonds is 8. The standard InChI is InChI=1S/C20H25N3O3/c1-25-18-7-4-15(5-8-18)3-2-11-21-20(24)16-6-9-19(22-13-16)23-17-10-12-26-14-17/h4-9,13,17H,2-3,10-12,14H2,1H3,(H,21,24)(H,22,23). The molecule has 1 unspecified atom stereocenters. The van der Waals surface area contributed by atoms with Crippen molar-refractivity contribution >= 4 is 11.7 Å². The Morgan fingerprint density at radius 2 is 2.12 bits per heavy atom. The number of anilines is 1. The van der Waals surface area contributed by atoms with Crippen molar-refractivity contribution in [2.24, 2.45) is 0 Å². The van der Waals surface area contributed by atoms with Gasteiger partial charge in [-0.15, -0.1) is 0 Å². The minimum absolute atomic E-state index is 0.0945. The maximum absolute atomic E-state index is 12.2. The Morgan fingerprint density at radius 3 is 2.77 bits per heavy atom. The lowest BCUT2D eigenvalue weighted by molar-refractivity contribution is 0.0953. The third-order valence-corrected chi connectivity index (χ3v) is 4.39. The van der Waals surface area contributed by atoms with Gasteiger partial charge in [-0.05, 0) is 49.1 Å². The number of aryl methyl sites for hydroxylation is 1. The second kappa shape index (κ2) is 9.20. The average Bonchev–Trinajstić information content (AvgIpc) is 3.19. The number of carbonyl (C=O) groups excluding carboxylic acids is 1. The van der Waals surface area contributed by atoms with E-state index in [-0.39, 0.29) is 5.91 Å². The summed E-state index contributed by atoms with van der Waals surface area (Å²) in [5.74, 6) is 1.53. The van der Waals surface area contributed by atoms with Gasteiger partial charge in [-0.25, -0.2) is 4.98 Å². The monoisotopic (exact) mass is 355 g/mol. The first-order valence-corrected chi connectivity index (χ1v) is 8.96. The van der Waals surface area contributed by atoms with Gasteiger partial charge in [0.15, 0.2) is 0 Å². The number of ether oxygens (including phenoxy) is 2. The second-order valence-corrected chi connectivity index (χ2v) is 6.34. The molecular weight excluding hydrogens is 330 g/mol. The van der Waals surface area contributed by atoms with Crippen molar-refractivity contribution in [3.63, 3.8) is 0 Å². The number of benzene rings is 1. The fraction of sp³-hybridized carbons (Fsp3) is 0.400. The van der Waals surface area contributed by atoms with Gasteiger partial charge in [0, 0.05) is 19.3 Å². The Bertz CT molecular complexity index is 695. The molecular formula is C20H25N3O3. The van der Waals surface area contributed by atoms with E-state index in [9.17, 15) is 4.79 Å². The maximum atomic E-state index is 12.2. The highest BCUT2D eigenvalue weighted by Crippen LogP contribution is 2.13. The van der Waals surface area contributed by atoms with E-state index in [1.165, 1.54) is 5.56 Å². The highest BCUT2D eigenvalue weighted by molar-refractivity contribution is 5.94. The van der Waals surface area contributed by atoms with Crippen molar-refractivity contribution in [2.45, 2.75) is 25.3 Å². The molecule has 1 saturated heterocycles. The van der Waals surface area contributed by atoms with E-state index in [0.29, 0.717) is 24.8 Å². The molecule has 1 aliphatic heterocycles. The van der Waals surface area contributed by atoms with Crippen LogP contribution in [-0.2, 0) is 11.2 Å². The van der Waals surface area contributed by atoms with Crippen molar-refractivity contribution in [3.8, 4) is 5.75 Å². The van der Waals surface area contributed by atoms with Crippen molar-refractivity contribution in [1.29, 1.82) is 0 Å². The van der Waals surface area contributed by atoms with Crippen LogP contribution in [0.3, 0.4) is 0 Å². The van der Waals surface area contributed by atoms with Gasteiger partial charge in [0.2, 0.25) is 0 Å². The molecule has 1 fully saturated rings. The van der Waals surface area contributed by atoms with Gasteiger partial charge in [0.1, 0.15) is 11.6 Å². The van der Waals surface area contributed by atoms with Crippen LogP contribution in [-0.4, -0.2) is 43.8 Å². The SMILES string of the molecule is COc1ccc(CCCNC(=O)c2ccc(NC3CCOC3)nc2)cc1. The minimum atomic E-state index is -0.0945. The third-order valence-electron chi connectivity index (χ3n) is 4.39. The van der Waals surface area contributed by atoms with Crippen LogP contribution in [0.5, 0.6) is 5.75 Å². The number of amides is 1. The summed E-state index contributed by atoms with van der Waals surface area (Å²) in [6.45, 7) is 2.12. The first-order chi connectivity index (χ1) is 12.7. The summed E-state index contributed by atoms with van der Waals surface area (Å²) >= 11 is 0. The zero-order valence-corrected chi connectivity index (χ0v) is 15.0. The van der Waals surface area contributed by atoms with Crippen molar-refractivity contribution < 1.29 is 14.3 Å². The van der Waals surface area contributed by atoms with E-state index in [1.807, 2.05) is 30.3 Å². The normalized spacial score (nSPS) is 16.3. The molecule has 0 spiro atoms. The quantitative estimate of drug-likeness (QED) is 0.712. The van der Waals surface area contributed by atoms with Gasteiger partial charge in [-0.2, -0.15) is 0 Å². The number of pyridine rings is 1. The van der Waals surface area contributed by atoms with Crippen LogP contribution in [0, 0.1) is 0 Å². The minimum Gasteiger partial charge on any atom is -0.497 e. The Balaban J connectivity index is 1.39. The van der Waals surface area contributed by atoms with Crippen LogP contribution in [0.2, 0.25) is 0 Å². The molecule has 0 radical (unpaired) electrons. The highest BCUT2D eigenvalue weighted by atomic mass is 16.5. The second-order valence-electron chi connectivity index (χ2n) is 6.34. The van der Waals surface area contributed by atoms with E-state index < -0.39 is 0 Å². The van der Waals surface area contributed by atoms with Crippen LogP contribution in [0.15, 0.2) is 42.6 Å². The molecule has 6 nitrogen and oxygen atoms in total. The molecule has 3 rings (SSSR count). The molecule has 1 amide bonds. The Labute approximate surface area is 153 Å². The average molecular weight is 355 g/mol. The smallest absolute Gasteiger partial charge is 0.252 e. The summed E-state index contributed by atoms with van der Waals surface area (Å²) < 4.78 is 10.5. The predicted octanol–water partition coefficient (Wildman–Crippen LogP) is 2.65. The molecule has 1 atom stereocenters. The highest BCUT2D eigenvalue weighted by Gasteiger charge is 2.15. The summed E-state index contributed by atoms with van der Waals surface area (Å²) in [6, 6.07) is 11.9. The Morgan fingerprint density at radius 1 is 1.27 bits per heavy atom. The first-order valence-electron chi connectivity index (χ1n) is 8.96. The molecule has 1 aromatic heterocycles. The van der Waals surface area contributed by atoms with Gasteiger partial charge >= 0.3 is 0 Å². The van der Waals surface area contributed by atoms with Crippen molar-refractivity contribution in [1.82, 2.24) is 10.3 Å². The number of aromatic nitrogens is 1. The van der Waals surface area contributed by atoms with E-state index in [2.05, 4.69) is 15.6 Å². The van der Waals surface area contributed by atoms with Crippen molar-refractivity contribution in [3.05, 3.63) is 53.7 Å². The Kier molecular flexibility index (Phi) is 6.44. The lowest BCUT2D eigenvalue weighted by Crippen LogP contribution is -2.25. The maximum Gasteiger partial charge on any atom is 0.252 e. The van der Waals surface area contributed by atoms with Gasteiger partial charge in [0.25, 0.3) is 5.91 Å². The molecule has 0 bridgehead atoms. The number of hydrogen-bond donors (Lipinski definition) is 2. The molecule has 1 aliphatic rings. The van der Waals surface area contributed by atoms with Crippen LogP contribution in [0.1, 0.15) is 28.8 Å². The van der Waals surface area contributed by atoms with Crippen LogP contribution in [0.4, 0.5) is 5.82 Å². The van der Waals surface area contributed by atoms with Gasteiger partial charge in [0.05, 0.1) is 25.3 Å². The summed E-state index contributed by atoms with van der Waals surface area (Å²) in [5, 5.41) is 6.25. The molecule has 0 saturated carbocycles. The zero-order valence-electron chi connectivity index (χ0n) is 15.0. The molecule has 2 aromatic rings. The molecule has 2 N–H and O–H groups in total. The van der Waals surface area contributed by atoms with Crippen LogP contribution >= 0.6 is 0 Å². The fourth-order valence-electron chi connectivity index (χ4n) is 2.86. The predicted molar refractivity (Wildman–Crippen MR) is 101 cm³/mol. The number of nitrogens with one attached hydrogen (secondary N) is 2. The topological polar surface area (TPSA) is 72.5 Å². The summed E-state index contributed by atoms with van der Waals surface area (Å²) in [7, 11) is 1.66. The number of nitrogens with zero attached hydrogens (tertiary/aromatic N) is 1. The lowest BCUT2D eigenvalue weighted by Gasteiger charge is -2.11. The molecule has 0 aliphatic carbocycles. The first kappa shape index (κ1) is 18.2. The number of methoxy groups -OCH3 is 1. The van der Waals surface area contributed by atoms with Crippen LogP contribution in [0.25, 0.3) is 0 Å². The fourth-order valence-corrected chi connectivity index (χ4v) is 2.86. The van der Waals surface area contributed by atoms with Gasteiger partial charge in [-0.1, -0.05) is 12.1 Å². The van der Waals surface area contributed by atoms with Crippen molar-refractivity contribution in [2.75, 3.05) is 32.2 Å². The number of hydrogen-bond acceptors (Lipinski definition) is 5.